The molecule has 0 spiro atoms. The molecule has 0 aromatic carbocycles. The van der Waals surface area contributed by atoms with Crippen LogP contribution in [0.4, 0.5) is 0 Å². The third-order valence-electron chi connectivity index (χ3n) is 2.54. The zero-order valence-electron chi connectivity index (χ0n) is 11.4. The van der Waals surface area contributed by atoms with Crippen LogP contribution in [0.15, 0.2) is 0 Å². The summed E-state index contributed by atoms with van der Waals surface area (Å²) in [6.07, 6.45) is 1.26. The largest absolute Gasteiger partial charge is 0.383 e. The number of nitrogens with one attached hydrogen (secondary N) is 1. The lowest BCUT2D eigenvalue weighted by molar-refractivity contribution is 0.130. The van der Waals surface area contributed by atoms with Gasteiger partial charge in [0.1, 0.15) is 9.84 Å². The highest BCUT2D eigenvalue weighted by Crippen LogP contribution is 1.96. The Labute approximate surface area is 105 Å². The normalized spacial score (nSPS) is 12.6. The Morgan fingerprint density at radius 1 is 1.24 bits per heavy atom. The Kier molecular flexibility index (Phi) is 8.77. The van der Waals surface area contributed by atoms with E-state index in [0.717, 1.165) is 26.2 Å². The maximum atomic E-state index is 10.9. The lowest BCUT2D eigenvalue weighted by atomic mass is 10.3. The molecule has 0 aliphatic carbocycles. The predicted molar refractivity (Wildman–Crippen MR) is 71.2 cm³/mol. The quantitative estimate of drug-likeness (QED) is 0.563. The van der Waals surface area contributed by atoms with Gasteiger partial charge in [-0.3, -0.25) is 4.90 Å². The molecule has 104 valence electrons. The molecular formula is C11H26N2O3S. The average molecular weight is 266 g/mol. The van der Waals surface area contributed by atoms with Crippen molar-refractivity contribution in [3.8, 4) is 0 Å². The van der Waals surface area contributed by atoms with Gasteiger partial charge in [0.05, 0.1) is 12.4 Å². The van der Waals surface area contributed by atoms with Crippen LogP contribution >= 0.6 is 0 Å². The van der Waals surface area contributed by atoms with Gasteiger partial charge in [-0.25, -0.2) is 8.42 Å². The molecule has 0 aliphatic rings. The summed E-state index contributed by atoms with van der Waals surface area (Å²) in [7, 11) is -1.15. The van der Waals surface area contributed by atoms with Gasteiger partial charge in [0.25, 0.3) is 0 Å². The molecule has 0 aromatic rings. The number of sulfone groups is 1. The van der Waals surface area contributed by atoms with Crippen molar-refractivity contribution in [3.63, 3.8) is 0 Å². The van der Waals surface area contributed by atoms with Crippen LogP contribution in [0.3, 0.4) is 0 Å². The molecule has 5 nitrogen and oxygen atoms in total. The van der Waals surface area contributed by atoms with Crippen molar-refractivity contribution in [1.82, 2.24) is 10.2 Å². The summed E-state index contributed by atoms with van der Waals surface area (Å²) >= 11 is 0. The summed E-state index contributed by atoms with van der Waals surface area (Å²) in [5.74, 6) is 0.201. The van der Waals surface area contributed by atoms with Crippen LogP contribution in [0.1, 0.15) is 13.8 Å². The summed E-state index contributed by atoms with van der Waals surface area (Å²) in [6, 6.07) is 0.474. The molecule has 0 amide bonds. The van der Waals surface area contributed by atoms with Crippen molar-refractivity contribution in [3.05, 3.63) is 0 Å². The van der Waals surface area contributed by atoms with Gasteiger partial charge >= 0.3 is 0 Å². The second kappa shape index (κ2) is 8.85. The van der Waals surface area contributed by atoms with Crippen molar-refractivity contribution in [2.24, 2.45) is 0 Å². The van der Waals surface area contributed by atoms with Crippen LogP contribution in [-0.2, 0) is 14.6 Å². The van der Waals surface area contributed by atoms with Crippen LogP contribution in [0, 0.1) is 0 Å². The molecule has 0 unspecified atom stereocenters. The van der Waals surface area contributed by atoms with Gasteiger partial charge in [-0.15, -0.1) is 0 Å². The van der Waals surface area contributed by atoms with E-state index in [9.17, 15) is 8.42 Å². The molecule has 0 aromatic heterocycles. The number of ether oxygens (including phenoxy) is 1. The molecule has 17 heavy (non-hydrogen) atoms. The summed E-state index contributed by atoms with van der Waals surface area (Å²) in [5.41, 5.74) is 0. The Morgan fingerprint density at radius 3 is 2.35 bits per heavy atom. The van der Waals surface area contributed by atoms with E-state index in [2.05, 4.69) is 24.1 Å². The molecule has 0 rings (SSSR count). The third kappa shape index (κ3) is 10.7. The molecule has 0 aliphatic heterocycles. The smallest absolute Gasteiger partial charge is 0.148 e. The fourth-order valence-corrected chi connectivity index (χ4v) is 1.96. The average Bonchev–Trinajstić information content (AvgIpc) is 2.20. The number of hydrogen-bond acceptors (Lipinski definition) is 5. The second-order valence-electron chi connectivity index (χ2n) is 4.50. The van der Waals surface area contributed by atoms with Crippen molar-refractivity contribution in [2.45, 2.75) is 19.9 Å². The maximum Gasteiger partial charge on any atom is 0.148 e. The van der Waals surface area contributed by atoms with Gasteiger partial charge in [0, 0.05) is 45.6 Å². The molecule has 0 atom stereocenters. The van der Waals surface area contributed by atoms with Gasteiger partial charge < -0.3 is 10.1 Å². The molecule has 0 saturated heterocycles. The topological polar surface area (TPSA) is 58.6 Å². The van der Waals surface area contributed by atoms with Crippen molar-refractivity contribution >= 4 is 9.84 Å². The van der Waals surface area contributed by atoms with E-state index >= 15 is 0 Å². The van der Waals surface area contributed by atoms with Gasteiger partial charge in [-0.2, -0.15) is 0 Å². The van der Waals surface area contributed by atoms with Gasteiger partial charge in [-0.1, -0.05) is 0 Å². The highest BCUT2D eigenvalue weighted by molar-refractivity contribution is 7.90. The standard InChI is InChI=1S/C11H26N2O3S/c1-11(2)13(8-9-16-3)7-5-12-6-10-17(4,14)15/h11-12H,5-10H2,1-4H3. The number of hydrogen-bond donors (Lipinski definition) is 1. The van der Waals surface area contributed by atoms with Crippen molar-refractivity contribution in [2.75, 3.05) is 51.9 Å². The van der Waals surface area contributed by atoms with E-state index in [1.165, 1.54) is 6.26 Å². The zero-order chi connectivity index (χ0) is 13.3. The molecule has 0 saturated carbocycles. The fraction of sp³-hybridized carbons (Fsp3) is 1.00. The van der Waals surface area contributed by atoms with Gasteiger partial charge in [0.15, 0.2) is 0 Å². The minimum atomic E-state index is -2.85. The summed E-state index contributed by atoms with van der Waals surface area (Å²) < 4.78 is 26.9. The highest BCUT2D eigenvalue weighted by Gasteiger charge is 2.08. The lowest BCUT2D eigenvalue weighted by Crippen LogP contribution is -2.39. The third-order valence-corrected chi connectivity index (χ3v) is 3.48. The van der Waals surface area contributed by atoms with E-state index in [-0.39, 0.29) is 5.75 Å². The van der Waals surface area contributed by atoms with Crippen LogP contribution in [-0.4, -0.2) is 71.3 Å². The molecule has 0 bridgehead atoms. The number of methoxy groups -OCH3 is 1. The minimum Gasteiger partial charge on any atom is -0.383 e. The molecule has 0 fully saturated rings. The summed E-state index contributed by atoms with van der Waals surface area (Å²) in [4.78, 5) is 2.30. The van der Waals surface area contributed by atoms with Crippen molar-refractivity contribution in [1.29, 1.82) is 0 Å². The first-order valence-corrected chi connectivity index (χ1v) is 8.04. The van der Waals surface area contributed by atoms with E-state index in [0.29, 0.717) is 12.6 Å². The Balaban J connectivity index is 3.68. The molecule has 0 radical (unpaired) electrons. The first-order chi connectivity index (χ1) is 7.87. The van der Waals surface area contributed by atoms with Gasteiger partial charge in [-0.05, 0) is 13.8 Å². The van der Waals surface area contributed by atoms with E-state index in [4.69, 9.17) is 4.74 Å². The molecule has 0 heterocycles. The summed E-state index contributed by atoms with van der Waals surface area (Å²) in [5, 5.41) is 3.14. The number of rotatable bonds is 10. The van der Waals surface area contributed by atoms with Crippen molar-refractivity contribution < 1.29 is 13.2 Å². The minimum absolute atomic E-state index is 0.201. The number of nitrogens with zero attached hydrogens (tertiary/aromatic N) is 1. The Bertz CT molecular complexity index is 278. The Hall–Kier alpha value is -0.170. The van der Waals surface area contributed by atoms with Crippen LogP contribution in [0.25, 0.3) is 0 Å². The van der Waals surface area contributed by atoms with Gasteiger partial charge in [0.2, 0.25) is 0 Å². The molecule has 1 N–H and O–H groups in total. The second-order valence-corrected chi connectivity index (χ2v) is 6.76. The van der Waals surface area contributed by atoms with Crippen LogP contribution < -0.4 is 5.32 Å². The van der Waals surface area contributed by atoms with E-state index < -0.39 is 9.84 Å². The highest BCUT2D eigenvalue weighted by atomic mass is 32.2. The first kappa shape index (κ1) is 16.8. The molecular weight excluding hydrogens is 240 g/mol. The maximum absolute atomic E-state index is 10.9. The first-order valence-electron chi connectivity index (χ1n) is 5.98. The Morgan fingerprint density at radius 2 is 1.88 bits per heavy atom. The monoisotopic (exact) mass is 266 g/mol. The zero-order valence-corrected chi connectivity index (χ0v) is 12.2. The summed E-state index contributed by atoms with van der Waals surface area (Å²) in [6.45, 7) is 8.15. The van der Waals surface area contributed by atoms with Crippen LogP contribution in [0.5, 0.6) is 0 Å². The van der Waals surface area contributed by atoms with E-state index in [1.807, 2.05) is 0 Å². The lowest BCUT2D eigenvalue weighted by Gasteiger charge is -2.26. The SMILES string of the molecule is COCCN(CCNCCS(C)(=O)=O)C(C)C. The van der Waals surface area contributed by atoms with Crippen LogP contribution in [0.2, 0.25) is 0 Å². The fourth-order valence-electron chi connectivity index (χ4n) is 1.44. The molecule has 6 heteroatoms. The van der Waals surface area contributed by atoms with E-state index in [1.54, 1.807) is 7.11 Å². The predicted octanol–water partition coefficient (Wildman–Crippen LogP) is -0.0226.